The second kappa shape index (κ2) is 3.14. The molecule has 0 unspecified atom stereocenters. The van der Waals surface area contributed by atoms with Gasteiger partial charge in [-0.15, -0.1) is 6.20 Å². The minimum absolute atomic E-state index is 0. The van der Waals surface area contributed by atoms with Gasteiger partial charge >= 0.3 is 0 Å². The molecule has 6 heavy (non-hydrogen) atoms. The fourth-order valence-corrected chi connectivity index (χ4v) is 0.241. The molecular weight excluding hydrogens is 168 g/mol. The van der Waals surface area contributed by atoms with E-state index in [-0.39, 0.29) is 20.4 Å². The van der Waals surface area contributed by atoms with E-state index >= 15 is 0 Å². The average Bonchev–Trinajstić information content (AvgIpc) is 1.76. The van der Waals surface area contributed by atoms with Crippen LogP contribution in [0.2, 0.25) is 0 Å². The second-order valence-electron chi connectivity index (χ2n) is 0.814. The molecule has 0 amide bonds. The Morgan fingerprint density at radius 2 is 2.33 bits per heavy atom. The molecule has 1 rings (SSSR count). The summed E-state index contributed by atoms with van der Waals surface area (Å²) in [6, 6.07) is 3.71. The van der Waals surface area contributed by atoms with Gasteiger partial charge in [0.2, 0.25) is 0 Å². The van der Waals surface area contributed by atoms with Crippen molar-refractivity contribution in [3.05, 3.63) is 24.5 Å². The Balaban J connectivity index is 0.000000250. The molecule has 0 spiro atoms. The van der Waals surface area contributed by atoms with E-state index in [0.717, 1.165) is 0 Å². The first kappa shape index (κ1) is 5.94. The summed E-state index contributed by atoms with van der Waals surface area (Å²) in [5, 5.41) is 0. The quantitative estimate of drug-likeness (QED) is 0.440. The molecule has 2 heteroatoms. The van der Waals surface area contributed by atoms with Gasteiger partial charge in [-0.05, 0) is 0 Å². The largest absolute Gasteiger partial charge is 0.484 e. The van der Waals surface area contributed by atoms with Crippen molar-refractivity contribution in [3.8, 4) is 0 Å². The van der Waals surface area contributed by atoms with Gasteiger partial charge in [0.05, 0.1) is 0 Å². The van der Waals surface area contributed by atoms with E-state index in [4.69, 9.17) is 0 Å². The van der Waals surface area contributed by atoms with Crippen LogP contribution in [0, 0.1) is 6.20 Å². The maximum Gasteiger partial charge on any atom is 0 e. The van der Waals surface area contributed by atoms with Crippen LogP contribution >= 0.6 is 0 Å². The molecule has 0 saturated heterocycles. The molecule has 0 aliphatic carbocycles. The fourth-order valence-electron chi connectivity index (χ4n) is 0.241. The molecule has 0 atom stereocenters. The zero-order valence-corrected chi connectivity index (χ0v) is 4.60. The summed E-state index contributed by atoms with van der Waals surface area (Å²) < 4.78 is 0. The van der Waals surface area contributed by atoms with E-state index in [1.165, 1.54) is 0 Å². The maximum absolute atomic E-state index is 2.74. The fraction of sp³-hybridized carbons (Fsp3) is 0. The van der Waals surface area contributed by atoms with Gasteiger partial charge in [-0.2, -0.15) is 18.3 Å². The van der Waals surface area contributed by atoms with Crippen LogP contribution in [-0.2, 0) is 20.4 Å². The van der Waals surface area contributed by atoms with E-state index in [2.05, 4.69) is 11.2 Å². The van der Waals surface area contributed by atoms with E-state index < -0.39 is 0 Å². The second-order valence-corrected chi connectivity index (χ2v) is 0.814. The van der Waals surface area contributed by atoms with Crippen molar-refractivity contribution >= 4 is 0 Å². The van der Waals surface area contributed by atoms with Crippen molar-refractivity contribution in [3.63, 3.8) is 0 Å². The first-order valence-electron chi connectivity index (χ1n) is 1.49. The Labute approximate surface area is 50.4 Å². The van der Waals surface area contributed by atoms with E-state index in [9.17, 15) is 0 Å². The molecule has 1 heterocycles. The van der Waals surface area contributed by atoms with Crippen molar-refractivity contribution in [1.82, 2.24) is 4.98 Å². The van der Waals surface area contributed by atoms with Crippen LogP contribution in [-0.4, -0.2) is 4.98 Å². The Hall–Kier alpha value is -0.0577. The van der Waals surface area contributed by atoms with Crippen LogP contribution in [0.1, 0.15) is 0 Å². The summed E-state index contributed by atoms with van der Waals surface area (Å²) >= 11 is 0. The smallest absolute Gasteiger partial charge is 0 e. The molecule has 1 N–H and O–H groups in total. The Morgan fingerprint density at radius 3 is 2.50 bits per heavy atom. The molecular formula is C4H4NPd-. The molecule has 0 aliphatic heterocycles. The summed E-state index contributed by atoms with van der Waals surface area (Å²) in [5.74, 6) is 0. The number of aromatic nitrogens is 1. The summed E-state index contributed by atoms with van der Waals surface area (Å²) in [6.07, 6.45) is 4.56. The van der Waals surface area contributed by atoms with Crippen molar-refractivity contribution in [2.45, 2.75) is 0 Å². The summed E-state index contributed by atoms with van der Waals surface area (Å²) in [5.41, 5.74) is 0. The summed E-state index contributed by atoms with van der Waals surface area (Å²) in [6.45, 7) is 0. The molecule has 1 nitrogen and oxygen atoms in total. The zero-order valence-electron chi connectivity index (χ0n) is 3.05. The number of rotatable bonds is 0. The number of hydrogen-bond acceptors (Lipinski definition) is 0. The Kier molecular flexibility index (Phi) is 3.11. The predicted molar refractivity (Wildman–Crippen MR) is 19.6 cm³/mol. The van der Waals surface area contributed by atoms with Gasteiger partial charge in [-0.3, -0.25) is 0 Å². The number of hydrogen-bond donors (Lipinski definition) is 1. The first-order valence-corrected chi connectivity index (χ1v) is 1.49. The summed E-state index contributed by atoms with van der Waals surface area (Å²) in [7, 11) is 0. The number of nitrogens with one attached hydrogen (secondary N) is 1. The summed E-state index contributed by atoms with van der Waals surface area (Å²) in [4.78, 5) is 2.74. The van der Waals surface area contributed by atoms with Gasteiger partial charge in [0, 0.05) is 20.4 Å². The number of aromatic amines is 1. The van der Waals surface area contributed by atoms with Crippen molar-refractivity contribution in [2.75, 3.05) is 0 Å². The van der Waals surface area contributed by atoms with Crippen molar-refractivity contribution in [1.29, 1.82) is 0 Å². The van der Waals surface area contributed by atoms with Crippen LogP contribution in [0.5, 0.6) is 0 Å². The molecule has 0 bridgehead atoms. The molecule has 0 radical (unpaired) electrons. The van der Waals surface area contributed by atoms with Crippen LogP contribution in [0.25, 0.3) is 0 Å². The van der Waals surface area contributed by atoms with Gasteiger partial charge in [0.25, 0.3) is 0 Å². The molecule has 36 valence electrons. The van der Waals surface area contributed by atoms with Gasteiger partial charge in [0.1, 0.15) is 0 Å². The molecule has 1 aromatic rings. The normalized spacial score (nSPS) is 6.67. The van der Waals surface area contributed by atoms with Crippen LogP contribution in [0.4, 0.5) is 0 Å². The first-order chi connectivity index (χ1) is 2.50. The minimum Gasteiger partial charge on any atom is -0.484 e. The van der Waals surface area contributed by atoms with Crippen molar-refractivity contribution < 1.29 is 20.4 Å². The van der Waals surface area contributed by atoms with Gasteiger partial charge in [0.15, 0.2) is 0 Å². The van der Waals surface area contributed by atoms with Crippen molar-refractivity contribution in [2.24, 2.45) is 0 Å². The Morgan fingerprint density at radius 1 is 1.50 bits per heavy atom. The Bertz CT molecular complexity index is 64.0. The van der Waals surface area contributed by atoms with E-state index in [1.807, 2.05) is 18.3 Å². The average molecular weight is 173 g/mol. The number of H-pyrrole nitrogens is 1. The molecule has 0 aliphatic rings. The van der Waals surface area contributed by atoms with E-state index in [1.54, 1.807) is 0 Å². The third-order valence-corrected chi connectivity index (χ3v) is 0.442. The monoisotopic (exact) mass is 172 g/mol. The maximum atomic E-state index is 2.74. The molecule has 1 aromatic heterocycles. The van der Waals surface area contributed by atoms with Crippen LogP contribution in [0.15, 0.2) is 18.3 Å². The van der Waals surface area contributed by atoms with Gasteiger partial charge in [-0.25, -0.2) is 0 Å². The van der Waals surface area contributed by atoms with Crippen LogP contribution < -0.4 is 0 Å². The third kappa shape index (κ3) is 1.40. The molecule has 0 fully saturated rings. The van der Waals surface area contributed by atoms with Crippen LogP contribution in [0.3, 0.4) is 0 Å². The predicted octanol–water partition coefficient (Wildman–Crippen LogP) is 0.812. The SMILES string of the molecule is [Pd].[c-]1ccc[nH]1. The third-order valence-electron chi connectivity index (χ3n) is 0.442. The zero-order chi connectivity index (χ0) is 3.54. The minimum atomic E-state index is 0. The molecule has 0 aromatic carbocycles. The van der Waals surface area contributed by atoms with Gasteiger partial charge < -0.3 is 4.98 Å². The van der Waals surface area contributed by atoms with E-state index in [0.29, 0.717) is 0 Å². The molecule has 0 saturated carbocycles. The standard InChI is InChI=1S/C4H4N.Pd/c1-2-4-5-3-1;/h1-3,5H;/q-1;. The van der Waals surface area contributed by atoms with Gasteiger partial charge in [-0.1, -0.05) is 0 Å². The topological polar surface area (TPSA) is 15.8 Å².